The fraction of sp³-hybridized carbons (Fsp3) is 0.406. The van der Waals surface area contributed by atoms with Crippen LogP contribution >= 0.6 is 0 Å². The van der Waals surface area contributed by atoms with Crippen molar-refractivity contribution in [3.63, 3.8) is 0 Å². The maximum absolute atomic E-state index is 13.8. The highest BCUT2D eigenvalue weighted by atomic mass is 32.2. The zero-order valence-electron chi connectivity index (χ0n) is 25.2. The molecule has 5 N–H and O–H groups in total. The number of hydroxylamine groups is 1. The van der Waals surface area contributed by atoms with E-state index in [1.165, 1.54) is 7.05 Å². The lowest BCUT2D eigenvalue weighted by Gasteiger charge is -2.28. The van der Waals surface area contributed by atoms with Crippen LogP contribution < -0.4 is 20.9 Å². The molecule has 1 unspecified atom stereocenters. The molecule has 0 saturated carbocycles. The number of nitrogens with one attached hydrogen (secondary N) is 3. The third-order valence-electron chi connectivity index (χ3n) is 7.32. The van der Waals surface area contributed by atoms with Gasteiger partial charge >= 0.3 is 0 Å². The molecule has 12 heteroatoms. The second-order valence-electron chi connectivity index (χ2n) is 11.2. The molecule has 44 heavy (non-hydrogen) atoms. The number of hydrogen-bond acceptors (Lipinski definition) is 7. The lowest BCUT2D eigenvalue weighted by molar-refractivity contribution is -0.141. The molecule has 0 heterocycles. The molecular weight excluding hydrogens is 586 g/mol. The average molecular weight is 628 g/mol. The minimum absolute atomic E-state index is 0.0415. The van der Waals surface area contributed by atoms with Gasteiger partial charge in [-0.1, -0.05) is 68.4 Å². The lowest BCUT2D eigenvalue weighted by atomic mass is 9.80. The van der Waals surface area contributed by atoms with Gasteiger partial charge in [-0.05, 0) is 59.2 Å². The summed E-state index contributed by atoms with van der Waals surface area (Å²) in [5, 5.41) is 17.1. The Hall–Kier alpha value is -4.00. The topological polar surface area (TPSA) is 171 Å². The zero-order chi connectivity index (χ0) is 32.3. The number of ether oxygens (including phenoxy) is 1. The molecule has 238 valence electrons. The van der Waals surface area contributed by atoms with Crippen LogP contribution in [0.2, 0.25) is 0 Å². The maximum atomic E-state index is 13.8. The number of hydrogen-bond donors (Lipinski definition) is 5. The van der Waals surface area contributed by atoms with Crippen molar-refractivity contribution in [3.8, 4) is 5.75 Å². The normalized spacial score (nSPS) is 13.6. The molecule has 0 aliphatic rings. The van der Waals surface area contributed by atoms with Crippen LogP contribution in [0.5, 0.6) is 5.75 Å². The predicted octanol–water partition coefficient (Wildman–Crippen LogP) is 3.30. The Balaban J connectivity index is 1.77. The van der Waals surface area contributed by atoms with Gasteiger partial charge in [0.05, 0.1) is 24.2 Å². The minimum Gasteiger partial charge on any atom is -0.494 e. The molecule has 0 aromatic heterocycles. The van der Waals surface area contributed by atoms with Crippen LogP contribution in [0.25, 0.3) is 10.8 Å². The molecule has 3 rings (SSSR count). The van der Waals surface area contributed by atoms with E-state index in [1.807, 2.05) is 56.3 Å². The van der Waals surface area contributed by atoms with Gasteiger partial charge in [0.25, 0.3) is 10.1 Å². The molecule has 0 bridgehead atoms. The quantitative estimate of drug-likeness (QED) is 0.0697. The number of benzene rings is 3. The minimum atomic E-state index is -4.06. The number of rotatable bonds is 16. The highest BCUT2D eigenvalue weighted by Crippen LogP contribution is 2.27. The van der Waals surface area contributed by atoms with Crippen molar-refractivity contribution >= 4 is 38.6 Å². The number of fused-ring (bicyclic) bond motifs is 1. The summed E-state index contributed by atoms with van der Waals surface area (Å²) >= 11 is 0. The van der Waals surface area contributed by atoms with Gasteiger partial charge in [0.1, 0.15) is 11.8 Å². The third kappa shape index (κ3) is 10.6. The summed E-state index contributed by atoms with van der Waals surface area (Å²) in [6.45, 7) is 3.97. The van der Waals surface area contributed by atoms with Crippen LogP contribution in [-0.2, 0) is 37.3 Å². The van der Waals surface area contributed by atoms with E-state index >= 15 is 0 Å². The molecule has 0 fully saturated rings. The summed E-state index contributed by atoms with van der Waals surface area (Å²) in [4.78, 5) is 39.6. The van der Waals surface area contributed by atoms with Gasteiger partial charge in [-0.2, -0.15) is 8.42 Å². The zero-order valence-corrected chi connectivity index (χ0v) is 26.0. The first-order valence-electron chi connectivity index (χ1n) is 14.5. The van der Waals surface area contributed by atoms with Gasteiger partial charge in [0.2, 0.25) is 17.7 Å². The predicted molar refractivity (Wildman–Crippen MR) is 167 cm³/mol. The Bertz CT molecular complexity index is 1530. The van der Waals surface area contributed by atoms with Crippen molar-refractivity contribution < 1.29 is 37.3 Å². The van der Waals surface area contributed by atoms with Crippen molar-refractivity contribution in [2.45, 2.75) is 45.6 Å². The Morgan fingerprint density at radius 1 is 0.841 bits per heavy atom. The highest BCUT2D eigenvalue weighted by molar-refractivity contribution is 7.85. The van der Waals surface area contributed by atoms with Crippen molar-refractivity contribution in [3.05, 3.63) is 77.9 Å². The first-order valence-corrected chi connectivity index (χ1v) is 16.1. The number of carbonyl (C=O) groups is 3. The van der Waals surface area contributed by atoms with E-state index < -0.39 is 51.5 Å². The van der Waals surface area contributed by atoms with E-state index in [2.05, 4.69) is 10.6 Å². The summed E-state index contributed by atoms with van der Waals surface area (Å²) in [5.74, 6) is -3.18. The van der Waals surface area contributed by atoms with Crippen molar-refractivity contribution in [2.75, 3.05) is 19.4 Å². The van der Waals surface area contributed by atoms with Crippen molar-refractivity contribution in [2.24, 2.45) is 17.8 Å². The van der Waals surface area contributed by atoms with Gasteiger partial charge in [-0.25, -0.2) is 5.48 Å². The molecule has 0 radical (unpaired) electrons. The monoisotopic (exact) mass is 627 g/mol. The van der Waals surface area contributed by atoms with E-state index in [9.17, 15) is 28.0 Å². The molecule has 3 atom stereocenters. The van der Waals surface area contributed by atoms with E-state index in [4.69, 9.17) is 9.29 Å². The molecule has 0 aliphatic carbocycles. The summed E-state index contributed by atoms with van der Waals surface area (Å²) in [6.07, 6.45) is 0.837. The Labute approximate surface area is 258 Å². The van der Waals surface area contributed by atoms with E-state index in [0.29, 0.717) is 12.2 Å². The fourth-order valence-corrected chi connectivity index (χ4v) is 5.62. The second-order valence-corrected chi connectivity index (χ2v) is 12.8. The summed E-state index contributed by atoms with van der Waals surface area (Å²) in [5.41, 5.74) is 3.30. The largest absolute Gasteiger partial charge is 0.494 e. The molecule has 11 nitrogen and oxygen atoms in total. The van der Waals surface area contributed by atoms with Crippen LogP contribution in [0.3, 0.4) is 0 Å². The van der Waals surface area contributed by atoms with Crippen LogP contribution in [0.4, 0.5) is 0 Å². The smallest absolute Gasteiger partial charge is 0.264 e. The number of carbonyl (C=O) groups excluding carboxylic acids is 3. The van der Waals surface area contributed by atoms with Gasteiger partial charge in [-0.3, -0.25) is 24.1 Å². The molecule has 3 aromatic carbocycles. The third-order valence-corrected chi connectivity index (χ3v) is 8.13. The van der Waals surface area contributed by atoms with Gasteiger partial charge in [0, 0.05) is 13.5 Å². The van der Waals surface area contributed by atoms with Crippen molar-refractivity contribution in [1.29, 1.82) is 0 Å². The Kier molecular flexibility index (Phi) is 12.7. The number of likely N-dealkylation sites (N-methyl/N-ethyl adjacent to an activating group) is 1. The van der Waals surface area contributed by atoms with Crippen molar-refractivity contribution in [1.82, 2.24) is 16.1 Å². The van der Waals surface area contributed by atoms with Crippen LogP contribution in [0.1, 0.15) is 37.8 Å². The molecular formula is C32H41N3O8S. The van der Waals surface area contributed by atoms with Gasteiger partial charge in [-0.15, -0.1) is 0 Å². The molecule has 3 amide bonds. The maximum Gasteiger partial charge on any atom is 0.264 e. The van der Waals surface area contributed by atoms with E-state index in [1.54, 1.807) is 29.7 Å². The number of amides is 3. The van der Waals surface area contributed by atoms with Crippen LogP contribution in [0.15, 0.2) is 66.7 Å². The van der Waals surface area contributed by atoms with Crippen LogP contribution in [0, 0.1) is 17.8 Å². The molecule has 0 spiro atoms. The molecule has 0 saturated heterocycles. The first kappa shape index (κ1) is 34.5. The molecule has 3 aromatic rings. The Morgan fingerprint density at radius 2 is 1.50 bits per heavy atom. The van der Waals surface area contributed by atoms with Crippen LogP contribution in [-0.4, -0.2) is 61.3 Å². The van der Waals surface area contributed by atoms with Gasteiger partial charge < -0.3 is 15.4 Å². The molecule has 0 aliphatic heterocycles. The summed E-state index contributed by atoms with van der Waals surface area (Å²) in [6, 6.07) is 19.5. The lowest BCUT2D eigenvalue weighted by Crippen LogP contribution is -2.51. The van der Waals surface area contributed by atoms with E-state index in [0.717, 1.165) is 21.9 Å². The van der Waals surface area contributed by atoms with E-state index in [-0.39, 0.29) is 31.8 Å². The highest BCUT2D eigenvalue weighted by Gasteiger charge is 2.36. The first-order chi connectivity index (χ1) is 20.9. The average Bonchev–Trinajstić information content (AvgIpc) is 2.99. The Morgan fingerprint density at radius 3 is 2.11 bits per heavy atom. The fourth-order valence-electron chi connectivity index (χ4n) is 5.13. The SMILES string of the molecule is CNC(=O)[C@H](Cc1ccc(OCCCS(=O)(=O)O)cc1)NC(=O)[C@H](CC(C)C)C(Cc1ccc2ccccc2c1)C(=O)NO. The second kappa shape index (κ2) is 16.2. The summed E-state index contributed by atoms with van der Waals surface area (Å²) in [7, 11) is -2.58. The standard InChI is InChI=1S/C32H41N3O8S/c1-21(2)17-27(28(31(37)35-39)19-23-9-12-24-7-4-5-8-25(24)18-23)30(36)34-29(32(38)33-3)20-22-10-13-26(14-11-22)43-15-6-16-44(40,41)42/h4-5,7-14,18,21,27-29,39H,6,15-17,19-20H2,1-3H3,(H,33,38)(H,34,36)(H,35,37)(H,40,41,42)/t27-,28?,29+/m1/s1. The summed E-state index contributed by atoms with van der Waals surface area (Å²) < 4.78 is 36.1. The van der Waals surface area contributed by atoms with Gasteiger partial charge in [0.15, 0.2) is 0 Å².